The summed E-state index contributed by atoms with van der Waals surface area (Å²) in [6.07, 6.45) is -1.73. The maximum Gasteiger partial charge on any atom is 0.328 e. The Morgan fingerprint density at radius 1 is 1.48 bits per heavy atom. The molecule has 2 aliphatic heterocycles. The van der Waals surface area contributed by atoms with Crippen LogP contribution in [0.4, 0.5) is 0 Å². The number of carboxylic acid groups (broad SMARTS) is 1. The number of rotatable bonds is 7. The third-order valence-corrected chi connectivity index (χ3v) is 4.24. The molecule has 0 aromatic carbocycles. The Hall–Kier alpha value is -1.71. The van der Waals surface area contributed by atoms with Gasteiger partial charge in [0.2, 0.25) is 11.8 Å². The Labute approximate surface area is 133 Å². The summed E-state index contributed by atoms with van der Waals surface area (Å²) < 4.78 is 5.54. The lowest BCUT2D eigenvalue weighted by molar-refractivity contribution is -0.157. The van der Waals surface area contributed by atoms with Crippen molar-refractivity contribution in [2.75, 3.05) is 6.54 Å². The Morgan fingerprint density at radius 3 is 2.61 bits per heavy atom. The average Bonchev–Trinajstić information content (AvgIpc) is 2.79. The third-order valence-electron chi connectivity index (χ3n) is 4.24. The molecule has 2 rings (SSSR count). The number of aliphatic carboxylic acids is 1. The molecule has 0 radical (unpaired) electrons. The van der Waals surface area contributed by atoms with E-state index in [1.807, 2.05) is 0 Å². The highest BCUT2D eigenvalue weighted by Crippen LogP contribution is 2.30. The summed E-state index contributed by atoms with van der Waals surface area (Å²) in [6.45, 7) is 3.81. The molecule has 2 aliphatic rings. The van der Waals surface area contributed by atoms with Gasteiger partial charge < -0.3 is 30.9 Å². The van der Waals surface area contributed by atoms with E-state index in [0.717, 1.165) is 0 Å². The first kappa shape index (κ1) is 17.6. The van der Waals surface area contributed by atoms with Gasteiger partial charge in [0.25, 0.3) is 0 Å². The summed E-state index contributed by atoms with van der Waals surface area (Å²) in [5.41, 5.74) is 5.68. The highest BCUT2D eigenvalue weighted by Gasteiger charge is 2.46. The van der Waals surface area contributed by atoms with E-state index in [-0.39, 0.29) is 24.5 Å². The van der Waals surface area contributed by atoms with E-state index < -0.39 is 36.2 Å². The number of nitrogens with zero attached hydrogens (tertiary/aromatic N) is 1. The third kappa shape index (κ3) is 3.80. The fourth-order valence-electron chi connectivity index (χ4n) is 2.66. The molecule has 0 unspecified atom stereocenters. The largest absolute Gasteiger partial charge is 0.480 e. The van der Waals surface area contributed by atoms with E-state index in [9.17, 15) is 24.6 Å². The van der Waals surface area contributed by atoms with Gasteiger partial charge in [0.05, 0.1) is 24.7 Å². The lowest BCUT2D eigenvalue weighted by atomic mass is 10.0. The van der Waals surface area contributed by atoms with E-state index in [4.69, 9.17) is 10.5 Å². The number of hydrogen-bond acceptors (Lipinski definition) is 6. The molecule has 0 aromatic heterocycles. The molecular weight excluding hydrogens is 306 g/mol. The van der Waals surface area contributed by atoms with E-state index in [1.165, 1.54) is 0 Å². The van der Waals surface area contributed by atoms with Crippen LogP contribution >= 0.6 is 0 Å². The van der Waals surface area contributed by atoms with Gasteiger partial charge in [0.1, 0.15) is 6.23 Å². The molecule has 0 aromatic rings. The summed E-state index contributed by atoms with van der Waals surface area (Å²) in [7, 11) is 0. The van der Waals surface area contributed by atoms with E-state index in [1.54, 1.807) is 18.7 Å². The molecule has 9 nitrogen and oxygen atoms in total. The number of hydrogen-bond donors (Lipinski definition) is 4. The molecule has 0 saturated carbocycles. The first-order valence-corrected chi connectivity index (χ1v) is 7.62. The standard InChI is InChI=1S/C14H23N3O6/c1-6(2)11(15)13(20)16-12(14(21)22)8(18)3-7-5-17-9(19)4-10(17)23-7/h6-8,10-12,18H,3-5,15H2,1-2H3,(H,16,20)(H,21,22)/t7-,8+,10-,11-,12-/m0/s1. The van der Waals surface area contributed by atoms with Crippen LogP contribution in [0, 0.1) is 5.92 Å². The van der Waals surface area contributed by atoms with Crippen LogP contribution in [0.3, 0.4) is 0 Å². The van der Waals surface area contributed by atoms with Crippen molar-refractivity contribution in [3.8, 4) is 0 Å². The summed E-state index contributed by atoms with van der Waals surface area (Å²) in [4.78, 5) is 36.0. The molecule has 0 bridgehead atoms. The van der Waals surface area contributed by atoms with Crippen molar-refractivity contribution in [1.29, 1.82) is 0 Å². The zero-order chi connectivity index (χ0) is 17.3. The molecule has 23 heavy (non-hydrogen) atoms. The molecule has 2 fully saturated rings. The van der Waals surface area contributed by atoms with Crippen LogP contribution in [-0.4, -0.2) is 70.0 Å². The first-order valence-electron chi connectivity index (χ1n) is 7.62. The number of carbonyl (C=O) groups excluding carboxylic acids is 2. The first-order chi connectivity index (χ1) is 10.7. The number of β-lactam (4-membered cyclic amide) rings is 1. The second kappa shape index (κ2) is 6.81. The van der Waals surface area contributed by atoms with Gasteiger partial charge >= 0.3 is 5.97 Å². The number of nitrogens with two attached hydrogens (primary N) is 1. The van der Waals surface area contributed by atoms with Crippen LogP contribution in [0.1, 0.15) is 26.7 Å². The zero-order valence-corrected chi connectivity index (χ0v) is 13.1. The van der Waals surface area contributed by atoms with Crippen LogP contribution in [0.5, 0.6) is 0 Å². The van der Waals surface area contributed by atoms with Crippen molar-refractivity contribution in [3.05, 3.63) is 0 Å². The smallest absolute Gasteiger partial charge is 0.328 e. The van der Waals surface area contributed by atoms with E-state index >= 15 is 0 Å². The highest BCUT2D eigenvalue weighted by molar-refractivity contribution is 5.87. The maximum absolute atomic E-state index is 11.9. The molecule has 2 heterocycles. The number of aliphatic hydroxyl groups is 1. The molecule has 5 N–H and O–H groups in total. The minimum atomic E-state index is -1.47. The van der Waals surface area contributed by atoms with Crippen LogP contribution in [0.15, 0.2) is 0 Å². The normalized spacial score (nSPS) is 27.2. The second-order valence-electron chi connectivity index (χ2n) is 6.36. The molecule has 9 heteroatoms. The molecule has 5 atom stereocenters. The van der Waals surface area contributed by atoms with Crippen LogP contribution < -0.4 is 11.1 Å². The van der Waals surface area contributed by atoms with Gasteiger partial charge in [0.15, 0.2) is 6.04 Å². The van der Waals surface area contributed by atoms with Crippen LogP contribution in [0.2, 0.25) is 0 Å². The number of carboxylic acids is 1. The summed E-state index contributed by atoms with van der Waals surface area (Å²) in [5.74, 6) is -2.15. The minimum absolute atomic E-state index is 0.00838. The molecule has 0 aliphatic carbocycles. The fourth-order valence-corrected chi connectivity index (χ4v) is 2.66. The zero-order valence-electron chi connectivity index (χ0n) is 13.1. The van der Waals surface area contributed by atoms with E-state index in [2.05, 4.69) is 5.32 Å². The number of carbonyl (C=O) groups is 3. The summed E-state index contributed by atoms with van der Waals surface area (Å²) in [5, 5.41) is 21.6. The molecular formula is C14H23N3O6. The van der Waals surface area contributed by atoms with Gasteiger partial charge in [-0.25, -0.2) is 4.79 Å². The molecule has 130 valence electrons. The Bertz CT molecular complexity index is 497. The van der Waals surface area contributed by atoms with Crippen molar-refractivity contribution >= 4 is 17.8 Å². The number of amides is 2. The Balaban J connectivity index is 1.91. The van der Waals surface area contributed by atoms with Crippen molar-refractivity contribution in [3.63, 3.8) is 0 Å². The quantitative estimate of drug-likeness (QED) is 0.406. The Morgan fingerprint density at radius 2 is 2.13 bits per heavy atom. The predicted molar refractivity (Wildman–Crippen MR) is 78.0 cm³/mol. The van der Waals surface area contributed by atoms with Gasteiger partial charge in [-0.15, -0.1) is 0 Å². The number of nitrogens with one attached hydrogen (secondary N) is 1. The fraction of sp³-hybridized carbons (Fsp3) is 0.786. The number of ether oxygens (including phenoxy) is 1. The van der Waals surface area contributed by atoms with Crippen molar-refractivity contribution in [2.24, 2.45) is 11.7 Å². The molecule has 0 spiro atoms. The maximum atomic E-state index is 11.9. The van der Waals surface area contributed by atoms with Crippen molar-refractivity contribution in [1.82, 2.24) is 10.2 Å². The van der Waals surface area contributed by atoms with Gasteiger partial charge in [-0.3, -0.25) is 9.59 Å². The van der Waals surface area contributed by atoms with Gasteiger partial charge in [-0.2, -0.15) is 0 Å². The lowest BCUT2D eigenvalue weighted by Gasteiger charge is -2.31. The second-order valence-corrected chi connectivity index (χ2v) is 6.36. The Kier molecular flexibility index (Phi) is 5.23. The van der Waals surface area contributed by atoms with Gasteiger partial charge in [0, 0.05) is 13.0 Å². The molecule has 2 amide bonds. The minimum Gasteiger partial charge on any atom is -0.480 e. The highest BCUT2D eigenvalue weighted by atomic mass is 16.5. The predicted octanol–water partition coefficient (Wildman–Crippen LogP) is -1.75. The van der Waals surface area contributed by atoms with Crippen molar-refractivity contribution in [2.45, 2.75) is 57.2 Å². The topological polar surface area (TPSA) is 142 Å². The number of fused-ring (bicyclic) bond motifs is 1. The summed E-state index contributed by atoms with van der Waals surface area (Å²) in [6, 6.07) is -2.33. The average molecular weight is 329 g/mol. The van der Waals surface area contributed by atoms with Crippen LogP contribution in [-0.2, 0) is 19.1 Å². The monoisotopic (exact) mass is 329 g/mol. The SMILES string of the molecule is CC(C)[C@H](N)C(=O)N[C@H](C(=O)O)[C@H](O)C[C@H]1CN2C(=O)C[C@@H]2O1. The van der Waals surface area contributed by atoms with Gasteiger partial charge in [-0.1, -0.05) is 13.8 Å². The van der Waals surface area contributed by atoms with E-state index in [0.29, 0.717) is 13.0 Å². The van der Waals surface area contributed by atoms with Crippen molar-refractivity contribution < 1.29 is 29.3 Å². The number of aliphatic hydroxyl groups excluding tert-OH is 1. The lowest BCUT2D eigenvalue weighted by Crippen LogP contribution is -2.55. The van der Waals surface area contributed by atoms with Gasteiger partial charge in [-0.05, 0) is 5.92 Å². The summed E-state index contributed by atoms with van der Waals surface area (Å²) >= 11 is 0. The molecule has 2 saturated heterocycles. The van der Waals surface area contributed by atoms with Crippen LogP contribution in [0.25, 0.3) is 0 Å².